The number of nitrogens with one attached hydrogen (secondary N) is 2. The van der Waals surface area contributed by atoms with Crippen LogP contribution in [-0.4, -0.2) is 93.7 Å². The zero-order chi connectivity index (χ0) is 35.8. The highest BCUT2D eigenvalue weighted by Gasteiger charge is 2.33. The average Bonchev–Trinajstić information content (AvgIpc) is 3.39. The molecule has 0 unspecified atom stereocenters. The van der Waals surface area contributed by atoms with Gasteiger partial charge in [-0.2, -0.15) is 5.10 Å². The highest BCUT2D eigenvalue weighted by atomic mass is 16.6. The van der Waals surface area contributed by atoms with Gasteiger partial charge in [0.1, 0.15) is 17.4 Å². The van der Waals surface area contributed by atoms with E-state index in [0.29, 0.717) is 37.4 Å². The van der Waals surface area contributed by atoms with Gasteiger partial charge < -0.3 is 24.8 Å². The fourth-order valence-electron chi connectivity index (χ4n) is 7.27. The molecule has 3 aromatic rings. The number of rotatable bonds is 2. The van der Waals surface area contributed by atoms with Crippen LogP contribution in [0.3, 0.4) is 0 Å². The molecule has 2 aromatic carbocycles. The van der Waals surface area contributed by atoms with Crippen molar-refractivity contribution in [2.75, 3.05) is 33.3 Å². The van der Waals surface area contributed by atoms with Gasteiger partial charge in [-0.05, 0) is 101 Å². The van der Waals surface area contributed by atoms with Crippen molar-refractivity contribution in [2.24, 2.45) is 5.41 Å². The Morgan fingerprint density at radius 1 is 1.04 bits per heavy atom. The molecule has 6 bridgehead atoms. The summed E-state index contributed by atoms with van der Waals surface area (Å²) in [6.45, 7) is 12.6. The van der Waals surface area contributed by atoms with Gasteiger partial charge >= 0.3 is 12.1 Å². The Bertz CT molecular complexity index is 1740. The second-order valence-corrected chi connectivity index (χ2v) is 16.1. The number of fused-ring (bicyclic) bond motifs is 6. The third-order valence-electron chi connectivity index (χ3n) is 9.78. The number of hydrogen-bond acceptors (Lipinski definition) is 9. The van der Waals surface area contributed by atoms with Gasteiger partial charge in [0.15, 0.2) is 0 Å². The van der Waals surface area contributed by atoms with E-state index in [2.05, 4.69) is 59.4 Å². The number of esters is 1. The lowest BCUT2D eigenvalue weighted by molar-refractivity contribution is -0.150. The van der Waals surface area contributed by atoms with E-state index in [-0.39, 0.29) is 43.1 Å². The maximum absolute atomic E-state index is 14.0. The number of alkyl carbamates (subject to hydrolysis) is 1. The first-order valence-corrected chi connectivity index (χ1v) is 17.9. The molecule has 3 N–H and O–H groups in total. The standard InChI is InChI=1S/C38H52N6O6/c1-37(2,3)50-36(48)39-31-18-24-16-27(19-29(45)17-24)26-9-10-30-32(20-26)44(41-34(30)25-11-14-42(6)15-12-25)22-38(4,5)23-49-33(46)21-28-8-7-13-43(40-28)35(31)47/h9-10,16-17,19-20,25,28,31,40,45H,7-8,11-15,18,21-23H2,1-6H3,(H,39,48)/t28-,31-/m0/s1. The Kier molecular flexibility index (Phi) is 10.1. The predicted octanol–water partition coefficient (Wildman–Crippen LogP) is 5.12. The van der Waals surface area contributed by atoms with Crippen molar-refractivity contribution < 1.29 is 29.0 Å². The van der Waals surface area contributed by atoms with Crippen LogP contribution in [0, 0.1) is 5.41 Å². The number of cyclic esters (lactones) is 1. The zero-order valence-electron chi connectivity index (χ0n) is 30.3. The number of aromatic nitrogens is 2. The van der Waals surface area contributed by atoms with Crippen molar-refractivity contribution in [3.63, 3.8) is 0 Å². The van der Waals surface area contributed by atoms with Crippen molar-refractivity contribution in [2.45, 2.75) is 103 Å². The first-order chi connectivity index (χ1) is 23.6. The van der Waals surface area contributed by atoms with E-state index in [4.69, 9.17) is 14.6 Å². The van der Waals surface area contributed by atoms with E-state index in [9.17, 15) is 19.5 Å². The van der Waals surface area contributed by atoms with Gasteiger partial charge in [0, 0.05) is 42.3 Å². The molecule has 0 spiro atoms. The summed E-state index contributed by atoms with van der Waals surface area (Å²) in [4.78, 5) is 42.5. The Labute approximate surface area is 294 Å². The number of aromatic hydroxyl groups is 1. The summed E-state index contributed by atoms with van der Waals surface area (Å²) in [5.41, 5.74) is 6.44. The van der Waals surface area contributed by atoms with Gasteiger partial charge in [-0.15, -0.1) is 0 Å². The normalized spacial score (nSPS) is 22.8. The number of piperidine rings is 1. The van der Waals surface area contributed by atoms with Crippen LogP contribution in [0.5, 0.6) is 5.75 Å². The Hall–Kier alpha value is -4.16. The fraction of sp³-hybridized carbons (Fsp3) is 0.579. The molecule has 2 amide bonds. The highest BCUT2D eigenvalue weighted by Crippen LogP contribution is 2.36. The Morgan fingerprint density at radius 2 is 1.80 bits per heavy atom. The maximum atomic E-state index is 14.0. The molecule has 3 aliphatic rings. The minimum absolute atomic E-state index is 0.0560. The van der Waals surface area contributed by atoms with Crippen molar-refractivity contribution in [1.82, 2.24) is 30.4 Å². The summed E-state index contributed by atoms with van der Waals surface area (Å²) >= 11 is 0. The van der Waals surface area contributed by atoms with Gasteiger partial charge in [-0.25, -0.2) is 10.2 Å². The van der Waals surface area contributed by atoms with Crippen LogP contribution in [0.1, 0.15) is 83.9 Å². The monoisotopic (exact) mass is 688 g/mol. The number of carbonyl (C=O) groups is 3. The van der Waals surface area contributed by atoms with Crippen LogP contribution < -0.4 is 10.7 Å². The number of nitrogens with zero attached hydrogens (tertiary/aromatic N) is 4. The fourth-order valence-corrected chi connectivity index (χ4v) is 7.27. The maximum Gasteiger partial charge on any atom is 0.408 e. The number of ether oxygens (including phenoxy) is 2. The summed E-state index contributed by atoms with van der Waals surface area (Å²) in [5.74, 6) is -0.295. The smallest absolute Gasteiger partial charge is 0.408 e. The first kappa shape index (κ1) is 35.7. The molecule has 0 radical (unpaired) electrons. The SMILES string of the molecule is CN1CCC(c2nn3c4cc(ccc24)-c2cc(O)cc(c2)C[C@H](NC(=O)OC(C)(C)C)C(=O)N2CCC[C@@H](CC(=O)OCC(C)(C)C3)N2)CC1. The van der Waals surface area contributed by atoms with Gasteiger partial charge in [0.2, 0.25) is 0 Å². The van der Waals surface area contributed by atoms with Crippen molar-refractivity contribution in [1.29, 1.82) is 0 Å². The quantitative estimate of drug-likeness (QED) is 0.313. The number of hydrogen-bond donors (Lipinski definition) is 3. The van der Waals surface area contributed by atoms with E-state index < -0.39 is 23.2 Å². The predicted molar refractivity (Wildman–Crippen MR) is 190 cm³/mol. The molecule has 0 saturated carbocycles. The van der Waals surface area contributed by atoms with Crippen molar-refractivity contribution in [3.8, 4) is 16.9 Å². The summed E-state index contributed by atoms with van der Waals surface area (Å²) < 4.78 is 13.4. The van der Waals surface area contributed by atoms with E-state index in [1.165, 1.54) is 5.01 Å². The molecular formula is C38H52N6O6. The molecule has 12 heteroatoms. The first-order valence-electron chi connectivity index (χ1n) is 17.9. The number of amides is 2. The molecule has 12 nitrogen and oxygen atoms in total. The molecule has 4 heterocycles. The Balaban J connectivity index is 1.42. The second kappa shape index (κ2) is 14.2. The molecule has 2 atom stereocenters. The summed E-state index contributed by atoms with van der Waals surface area (Å²) in [6.07, 6.45) is 2.95. The molecule has 0 aliphatic carbocycles. The molecule has 3 aliphatic heterocycles. The van der Waals surface area contributed by atoms with Crippen molar-refractivity contribution in [3.05, 3.63) is 47.7 Å². The third-order valence-corrected chi connectivity index (χ3v) is 9.78. The molecule has 270 valence electrons. The topological polar surface area (TPSA) is 138 Å². The van der Waals surface area contributed by atoms with Crippen LogP contribution in [0.15, 0.2) is 36.4 Å². The van der Waals surface area contributed by atoms with E-state index >= 15 is 0 Å². The third kappa shape index (κ3) is 8.58. The van der Waals surface area contributed by atoms with Gasteiger partial charge in [0.05, 0.1) is 24.2 Å². The highest BCUT2D eigenvalue weighted by molar-refractivity contribution is 5.88. The lowest BCUT2D eigenvalue weighted by atomic mass is 9.91. The lowest BCUT2D eigenvalue weighted by Crippen LogP contribution is -2.59. The summed E-state index contributed by atoms with van der Waals surface area (Å²) in [7, 11) is 2.15. The summed E-state index contributed by atoms with van der Waals surface area (Å²) in [5, 5.41) is 21.5. The number of phenolic OH excluding ortho intramolecular Hbond substituents is 1. The van der Waals surface area contributed by atoms with Crippen LogP contribution in [-0.2, 0) is 32.0 Å². The average molecular weight is 689 g/mol. The zero-order valence-corrected chi connectivity index (χ0v) is 30.3. The van der Waals surface area contributed by atoms with E-state index in [0.717, 1.165) is 53.7 Å². The minimum atomic E-state index is -0.999. The number of likely N-dealkylation sites (tertiary alicyclic amines) is 1. The van der Waals surface area contributed by atoms with Crippen LogP contribution >= 0.6 is 0 Å². The van der Waals surface area contributed by atoms with Crippen LogP contribution in [0.4, 0.5) is 4.79 Å². The second-order valence-electron chi connectivity index (χ2n) is 16.1. The van der Waals surface area contributed by atoms with Gasteiger partial charge in [0.25, 0.3) is 5.91 Å². The molecule has 6 rings (SSSR count). The number of hydrazine groups is 1. The number of phenols is 1. The minimum Gasteiger partial charge on any atom is -0.508 e. The van der Waals surface area contributed by atoms with Crippen LogP contribution in [0.25, 0.3) is 22.0 Å². The summed E-state index contributed by atoms with van der Waals surface area (Å²) in [6, 6.07) is 10.3. The molecule has 2 fully saturated rings. The molecule has 1 aromatic heterocycles. The molecule has 50 heavy (non-hydrogen) atoms. The molecular weight excluding hydrogens is 636 g/mol. The van der Waals surface area contributed by atoms with Crippen molar-refractivity contribution >= 4 is 28.9 Å². The Morgan fingerprint density at radius 3 is 2.54 bits per heavy atom. The molecule has 2 saturated heterocycles. The van der Waals surface area contributed by atoms with Gasteiger partial charge in [-0.3, -0.25) is 19.3 Å². The number of benzene rings is 2. The van der Waals surface area contributed by atoms with Crippen LogP contribution in [0.2, 0.25) is 0 Å². The number of carbonyl (C=O) groups excluding carboxylic acids is 3. The largest absolute Gasteiger partial charge is 0.508 e. The van der Waals surface area contributed by atoms with E-state index in [1.807, 2.05) is 6.07 Å². The van der Waals surface area contributed by atoms with Gasteiger partial charge in [-0.1, -0.05) is 32.0 Å². The van der Waals surface area contributed by atoms with E-state index in [1.54, 1.807) is 32.9 Å². The lowest BCUT2D eigenvalue weighted by Gasteiger charge is -2.36.